The molecule has 11 nitrogen and oxygen atoms in total. The first-order valence-electron chi connectivity index (χ1n) is 14.2. The van der Waals surface area contributed by atoms with E-state index >= 15 is 0 Å². The predicted molar refractivity (Wildman–Crippen MR) is 148 cm³/mol. The van der Waals surface area contributed by atoms with E-state index in [0.29, 0.717) is 11.5 Å². The maximum atomic E-state index is 14.2. The van der Waals surface area contributed by atoms with Gasteiger partial charge in [-0.15, -0.1) is 0 Å². The Kier molecular flexibility index (Phi) is 7.43. The SMILES string of the molecule is COc1ccc(CN2C(=O)N(Cc3ccccc3)C(=O)C[C@@H]2[C@H]2O[C@@H]3OC(C)(C)O[C@@H]3[C@H]3OC(C)(C)O[C@H]32)cc1OC. The lowest BCUT2D eigenvalue weighted by Gasteiger charge is -2.47. The van der Waals surface area contributed by atoms with Gasteiger partial charge in [0, 0.05) is 6.54 Å². The number of carbonyl (C=O) groups excluding carboxylic acids is 2. The summed E-state index contributed by atoms with van der Waals surface area (Å²) < 4.78 is 42.4. The van der Waals surface area contributed by atoms with Crippen LogP contribution in [0.15, 0.2) is 48.5 Å². The molecular formula is C31H38N2O9. The highest BCUT2D eigenvalue weighted by Gasteiger charge is 2.63. The Morgan fingerprint density at radius 3 is 2.10 bits per heavy atom. The number of hydrogen-bond donors (Lipinski definition) is 0. The smallest absolute Gasteiger partial charge is 0.327 e. The third kappa shape index (κ3) is 5.35. The number of ether oxygens (including phenoxy) is 7. The number of methoxy groups -OCH3 is 2. The molecule has 0 unspecified atom stereocenters. The number of rotatable bonds is 7. The lowest BCUT2D eigenvalue weighted by atomic mass is 9.90. The average Bonchev–Trinajstić information content (AvgIpc) is 3.46. The standard InChI is InChI=1S/C31H38N2O9/c1-30(2)39-25-24(38-28-27(26(25)40-30)41-31(3,4)42-28)20-15-23(34)33(16-18-10-8-7-9-11-18)29(35)32(20)17-19-12-13-21(36-5)22(14-19)37-6/h7-14,20,24-28H,15-17H2,1-6H3/t20-,24-,25+,26+,27-,28-/m1/s1. The van der Waals surface area contributed by atoms with Crippen molar-refractivity contribution in [2.24, 2.45) is 0 Å². The van der Waals surface area contributed by atoms with Crippen molar-refractivity contribution >= 4 is 11.9 Å². The summed E-state index contributed by atoms with van der Waals surface area (Å²) in [5.74, 6) is -0.986. The molecule has 0 radical (unpaired) electrons. The van der Waals surface area contributed by atoms with Crippen LogP contribution in [-0.4, -0.2) is 84.3 Å². The number of fused-ring (bicyclic) bond motifs is 3. The van der Waals surface area contributed by atoms with E-state index in [1.807, 2.05) is 70.2 Å². The minimum atomic E-state index is -0.919. The third-order valence-electron chi connectivity index (χ3n) is 8.12. The molecule has 0 aliphatic carbocycles. The summed E-state index contributed by atoms with van der Waals surface area (Å²) in [6, 6.07) is 13.9. The van der Waals surface area contributed by atoms with Gasteiger partial charge in [-0.05, 0) is 51.0 Å². The molecule has 4 heterocycles. The second-order valence-corrected chi connectivity index (χ2v) is 12.0. The van der Waals surface area contributed by atoms with E-state index in [4.69, 9.17) is 33.2 Å². The van der Waals surface area contributed by atoms with Gasteiger partial charge in [0.15, 0.2) is 29.4 Å². The van der Waals surface area contributed by atoms with Gasteiger partial charge in [0.25, 0.3) is 0 Å². The summed E-state index contributed by atoms with van der Waals surface area (Å²) in [7, 11) is 3.13. The van der Waals surface area contributed by atoms with Gasteiger partial charge < -0.3 is 38.1 Å². The van der Waals surface area contributed by atoms with Crippen molar-refractivity contribution < 1.29 is 42.7 Å². The van der Waals surface area contributed by atoms with Crippen LogP contribution < -0.4 is 9.47 Å². The highest BCUT2D eigenvalue weighted by atomic mass is 16.9. The average molecular weight is 583 g/mol. The van der Waals surface area contributed by atoms with Crippen LogP contribution in [0, 0.1) is 0 Å². The van der Waals surface area contributed by atoms with Crippen LogP contribution in [0.3, 0.4) is 0 Å². The molecule has 2 aromatic carbocycles. The van der Waals surface area contributed by atoms with Crippen LogP contribution in [0.2, 0.25) is 0 Å². The van der Waals surface area contributed by atoms with E-state index in [-0.39, 0.29) is 25.4 Å². The molecule has 4 aliphatic heterocycles. The quantitative estimate of drug-likeness (QED) is 0.482. The molecule has 0 bridgehead atoms. The summed E-state index contributed by atoms with van der Waals surface area (Å²) in [5, 5.41) is 0. The van der Waals surface area contributed by atoms with E-state index in [2.05, 4.69) is 0 Å². The monoisotopic (exact) mass is 582 g/mol. The summed E-state index contributed by atoms with van der Waals surface area (Å²) in [6.45, 7) is 7.65. The molecule has 4 aliphatic rings. The Labute approximate surface area is 245 Å². The van der Waals surface area contributed by atoms with Crippen LogP contribution in [0.4, 0.5) is 4.79 Å². The third-order valence-corrected chi connectivity index (χ3v) is 8.12. The second-order valence-electron chi connectivity index (χ2n) is 12.0. The van der Waals surface area contributed by atoms with Crippen molar-refractivity contribution in [2.75, 3.05) is 14.2 Å². The maximum absolute atomic E-state index is 14.2. The van der Waals surface area contributed by atoms with Crippen molar-refractivity contribution in [1.29, 1.82) is 0 Å². The zero-order chi connectivity index (χ0) is 29.8. The van der Waals surface area contributed by atoms with Gasteiger partial charge in [-0.2, -0.15) is 0 Å². The molecule has 4 saturated heterocycles. The molecule has 226 valence electrons. The van der Waals surface area contributed by atoms with Crippen LogP contribution >= 0.6 is 0 Å². The fraction of sp³-hybridized carbons (Fsp3) is 0.548. The number of nitrogens with zero attached hydrogens (tertiary/aromatic N) is 2. The van der Waals surface area contributed by atoms with Crippen LogP contribution in [-0.2, 0) is 41.6 Å². The minimum absolute atomic E-state index is 0.0329. The highest BCUT2D eigenvalue weighted by molar-refractivity contribution is 5.97. The molecule has 6 rings (SSSR count). The molecule has 2 aromatic rings. The Morgan fingerprint density at radius 2 is 1.40 bits per heavy atom. The van der Waals surface area contributed by atoms with Gasteiger partial charge in [-0.1, -0.05) is 36.4 Å². The van der Waals surface area contributed by atoms with Crippen molar-refractivity contribution in [3.63, 3.8) is 0 Å². The fourth-order valence-electron chi connectivity index (χ4n) is 6.33. The van der Waals surface area contributed by atoms with Gasteiger partial charge in [0.2, 0.25) is 5.91 Å². The Hall–Kier alpha value is -3.22. The first-order valence-corrected chi connectivity index (χ1v) is 14.2. The molecule has 3 amide bonds. The highest BCUT2D eigenvalue weighted by Crippen LogP contribution is 2.46. The molecule has 0 N–H and O–H groups in total. The van der Waals surface area contributed by atoms with E-state index in [1.54, 1.807) is 25.2 Å². The minimum Gasteiger partial charge on any atom is -0.493 e. The van der Waals surface area contributed by atoms with Crippen molar-refractivity contribution in [3.8, 4) is 11.5 Å². The largest absolute Gasteiger partial charge is 0.493 e. The van der Waals surface area contributed by atoms with E-state index in [1.165, 1.54) is 4.90 Å². The molecule has 0 saturated carbocycles. The summed E-state index contributed by atoms with van der Waals surface area (Å²) in [6.07, 6.45) is -3.07. The molecule has 6 atom stereocenters. The maximum Gasteiger partial charge on any atom is 0.327 e. The first kappa shape index (κ1) is 28.9. The van der Waals surface area contributed by atoms with E-state index in [0.717, 1.165) is 11.1 Å². The molecule has 0 spiro atoms. The van der Waals surface area contributed by atoms with Crippen molar-refractivity contribution in [3.05, 3.63) is 59.7 Å². The molecule has 11 heteroatoms. The number of benzene rings is 2. The molecule has 4 fully saturated rings. The molecule has 42 heavy (non-hydrogen) atoms. The normalized spacial score (nSPS) is 31.6. The zero-order valence-corrected chi connectivity index (χ0v) is 24.8. The predicted octanol–water partition coefficient (Wildman–Crippen LogP) is 3.82. The van der Waals surface area contributed by atoms with Crippen LogP contribution in [0.25, 0.3) is 0 Å². The zero-order valence-electron chi connectivity index (χ0n) is 24.8. The second kappa shape index (κ2) is 10.8. The first-order chi connectivity index (χ1) is 20.0. The number of amides is 3. The Morgan fingerprint density at radius 1 is 0.762 bits per heavy atom. The lowest BCUT2D eigenvalue weighted by Crippen LogP contribution is -2.66. The number of urea groups is 1. The lowest BCUT2D eigenvalue weighted by molar-refractivity contribution is -0.246. The van der Waals surface area contributed by atoms with E-state index in [9.17, 15) is 9.59 Å². The summed E-state index contributed by atoms with van der Waals surface area (Å²) in [5.41, 5.74) is 1.66. The summed E-state index contributed by atoms with van der Waals surface area (Å²) >= 11 is 0. The number of hydrogen-bond acceptors (Lipinski definition) is 9. The Bertz CT molecular complexity index is 1330. The van der Waals surface area contributed by atoms with Gasteiger partial charge in [0.05, 0.1) is 33.2 Å². The molecule has 0 aromatic heterocycles. The van der Waals surface area contributed by atoms with Crippen molar-refractivity contribution in [2.45, 2.75) is 95.5 Å². The van der Waals surface area contributed by atoms with Gasteiger partial charge in [-0.25, -0.2) is 4.79 Å². The number of imide groups is 1. The van der Waals surface area contributed by atoms with Gasteiger partial charge in [-0.3, -0.25) is 9.69 Å². The van der Waals surface area contributed by atoms with Crippen LogP contribution in [0.1, 0.15) is 45.2 Å². The Balaban J connectivity index is 1.36. The van der Waals surface area contributed by atoms with E-state index < -0.39 is 54.4 Å². The summed E-state index contributed by atoms with van der Waals surface area (Å²) in [4.78, 5) is 30.8. The molecular weight excluding hydrogens is 544 g/mol. The van der Waals surface area contributed by atoms with Crippen molar-refractivity contribution in [1.82, 2.24) is 9.80 Å². The topological polar surface area (TPSA) is 105 Å². The van der Waals surface area contributed by atoms with Gasteiger partial charge >= 0.3 is 6.03 Å². The fourth-order valence-corrected chi connectivity index (χ4v) is 6.33. The number of carbonyl (C=O) groups is 2. The van der Waals surface area contributed by atoms with Crippen LogP contribution in [0.5, 0.6) is 11.5 Å². The van der Waals surface area contributed by atoms with Gasteiger partial charge in [0.1, 0.15) is 24.4 Å².